The van der Waals surface area contributed by atoms with Gasteiger partial charge in [0.25, 0.3) is 0 Å². The van der Waals surface area contributed by atoms with Gasteiger partial charge in [0, 0.05) is 36.4 Å². The number of esters is 1. The number of likely N-dealkylation sites (tertiary alicyclic amines) is 1. The number of fused-ring (bicyclic) bond motifs is 1. The molecule has 1 aliphatic heterocycles. The average molecular weight is 533 g/mol. The van der Waals surface area contributed by atoms with Crippen molar-refractivity contribution in [2.45, 2.75) is 77.0 Å². The van der Waals surface area contributed by atoms with Crippen LogP contribution in [0.1, 0.15) is 82.7 Å². The predicted octanol–water partition coefficient (Wildman–Crippen LogP) is 3.61. The standard InChI is InChI=1S/C18H19FN2O5.C10H21NO/c19-13-1-2-14-15(11-13)26-20-18(14)12-5-7-21(8-6-12)9-10-25-17(24)4-3-16(22)23;1-2-3-4-5-6-7-8-9-10(11)12/h1-4,11-12H,5-10H2,(H,22,23);2-9H2,1H3,(H2,11,12)/p-1/b4-3+;. The first-order valence-corrected chi connectivity index (χ1v) is 13.4. The molecule has 1 aromatic carbocycles. The van der Waals surface area contributed by atoms with E-state index in [0.717, 1.165) is 55.9 Å². The van der Waals surface area contributed by atoms with Crippen LogP contribution in [0, 0.1) is 5.82 Å². The van der Waals surface area contributed by atoms with Crippen LogP contribution in [0.5, 0.6) is 0 Å². The number of ether oxygens (including phenoxy) is 1. The number of carboxylic acid groups (broad SMARTS) is 1. The molecular formula is C28H39FN3O6-. The number of aromatic nitrogens is 1. The molecular weight excluding hydrogens is 493 g/mol. The first-order valence-electron chi connectivity index (χ1n) is 13.4. The minimum Gasteiger partial charge on any atom is -0.545 e. The summed E-state index contributed by atoms with van der Waals surface area (Å²) >= 11 is 0. The highest BCUT2D eigenvalue weighted by molar-refractivity contribution is 5.89. The van der Waals surface area contributed by atoms with Gasteiger partial charge in [-0.25, -0.2) is 9.18 Å². The minimum absolute atomic E-state index is 0.163. The van der Waals surface area contributed by atoms with E-state index in [9.17, 15) is 23.9 Å². The van der Waals surface area contributed by atoms with Crippen LogP contribution < -0.4 is 10.8 Å². The van der Waals surface area contributed by atoms with Gasteiger partial charge in [-0.15, -0.1) is 0 Å². The highest BCUT2D eigenvalue weighted by Gasteiger charge is 2.25. The molecule has 10 heteroatoms. The van der Waals surface area contributed by atoms with E-state index < -0.39 is 11.9 Å². The number of nitrogens with two attached hydrogens (primary N) is 1. The van der Waals surface area contributed by atoms with Crippen LogP contribution in [-0.4, -0.2) is 54.1 Å². The normalized spacial score (nSPS) is 14.4. The quantitative estimate of drug-likeness (QED) is 0.221. The van der Waals surface area contributed by atoms with E-state index in [4.69, 9.17) is 15.0 Å². The van der Waals surface area contributed by atoms with Crippen LogP contribution in [-0.2, 0) is 19.1 Å². The summed E-state index contributed by atoms with van der Waals surface area (Å²) in [5.74, 6) is -2.41. The lowest BCUT2D eigenvalue weighted by molar-refractivity contribution is -0.297. The molecule has 3 rings (SSSR count). The zero-order chi connectivity index (χ0) is 27.8. The number of primary amides is 1. The second-order valence-electron chi connectivity index (χ2n) is 9.48. The summed E-state index contributed by atoms with van der Waals surface area (Å²) in [7, 11) is 0. The number of hydrogen-bond acceptors (Lipinski definition) is 8. The van der Waals surface area contributed by atoms with E-state index in [0.29, 0.717) is 24.6 Å². The second kappa shape index (κ2) is 17.3. The van der Waals surface area contributed by atoms with E-state index in [1.54, 1.807) is 6.07 Å². The van der Waals surface area contributed by atoms with Crippen molar-refractivity contribution in [2.24, 2.45) is 5.73 Å². The van der Waals surface area contributed by atoms with Gasteiger partial charge in [-0.3, -0.25) is 9.69 Å². The Morgan fingerprint density at radius 1 is 1.13 bits per heavy atom. The molecule has 1 aromatic heterocycles. The molecule has 1 saturated heterocycles. The molecule has 0 saturated carbocycles. The summed E-state index contributed by atoms with van der Waals surface area (Å²) in [5, 5.41) is 15.2. The maximum Gasteiger partial charge on any atom is 0.330 e. The number of hydrogen-bond donors (Lipinski definition) is 1. The van der Waals surface area contributed by atoms with Gasteiger partial charge >= 0.3 is 5.97 Å². The van der Waals surface area contributed by atoms with Gasteiger partial charge in [0.1, 0.15) is 12.4 Å². The highest BCUT2D eigenvalue weighted by Crippen LogP contribution is 2.32. The van der Waals surface area contributed by atoms with E-state index >= 15 is 0 Å². The third-order valence-electron chi connectivity index (χ3n) is 6.47. The van der Waals surface area contributed by atoms with Crippen molar-refractivity contribution in [1.82, 2.24) is 10.1 Å². The molecule has 1 aliphatic rings. The SMILES string of the molecule is CCCCCCCCCC(N)=O.O=C([O-])/C=C/C(=O)OCCN1CCC(c2noc3cc(F)ccc23)CC1. The largest absolute Gasteiger partial charge is 0.545 e. The van der Waals surface area contributed by atoms with E-state index in [-0.39, 0.29) is 24.2 Å². The summed E-state index contributed by atoms with van der Waals surface area (Å²) in [6.07, 6.45) is 12.5. The Labute approximate surface area is 223 Å². The van der Waals surface area contributed by atoms with Crippen LogP contribution in [0.3, 0.4) is 0 Å². The highest BCUT2D eigenvalue weighted by atomic mass is 19.1. The summed E-state index contributed by atoms with van der Waals surface area (Å²) in [5.41, 5.74) is 6.33. The molecule has 1 fully saturated rings. The van der Waals surface area contributed by atoms with Gasteiger partial charge in [0.05, 0.1) is 11.7 Å². The minimum atomic E-state index is -1.44. The number of aliphatic carboxylic acids is 1. The molecule has 2 aromatic rings. The molecule has 0 unspecified atom stereocenters. The molecule has 0 radical (unpaired) electrons. The molecule has 2 N–H and O–H groups in total. The van der Waals surface area contributed by atoms with Crippen molar-refractivity contribution in [3.63, 3.8) is 0 Å². The first-order chi connectivity index (χ1) is 18.3. The molecule has 0 aliphatic carbocycles. The Morgan fingerprint density at radius 2 is 1.82 bits per heavy atom. The number of nitrogens with zero attached hydrogens (tertiary/aromatic N) is 2. The molecule has 0 atom stereocenters. The Bertz CT molecular complexity index is 1050. The number of benzene rings is 1. The Hall–Kier alpha value is -3.27. The van der Waals surface area contributed by atoms with Crippen molar-refractivity contribution in [1.29, 1.82) is 0 Å². The topological polar surface area (TPSA) is 139 Å². The van der Waals surface area contributed by atoms with Crippen LogP contribution >= 0.6 is 0 Å². The molecule has 1 amide bonds. The van der Waals surface area contributed by atoms with E-state index in [1.807, 2.05) is 0 Å². The fourth-order valence-electron chi connectivity index (χ4n) is 4.37. The summed E-state index contributed by atoms with van der Waals surface area (Å²) in [6.45, 7) is 4.60. The van der Waals surface area contributed by atoms with Gasteiger partial charge in [-0.05, 0) is 50.6 Å². The van der Waals surface area contributed by atoms with Gasteiger partial charge in [-0.1, -0.05) is 50.6 Å². The van der Waals surface area contributed by atoms with Crippen LogP contribution in [0.15, 0.2) is 34.9 Å². The zero-order valence-electron chi connectivity index (χ0n) is 22.2. The van der Waals surface area contributed by atoms with Crippen molar-refractivity contribution >= 4 is 28.8 Å². The number of piperidine rings is 1. The zero-order valence-corrected chi connectivity index (χ0v) is 22.2. The number of amides is 1. The fraction of sp³-hybridized carbons (Fsp3) is 0.571. The maximum absolute atomic E-state index is 13.2. The van der Waals surface area contributed by atoms with Crippen molar-refractivity contribution in [3.05, 3.63) is 41.9 Å². The first kappa shape index (κ1) is 31.0. The smallest absolute Gasteiger partial charge is 0.330 e. The predicted molar refractivity (Wildman–Crippen MR) is 139 cm³/mol. The molecule has 210 valence electrons. The van der Waals surface area contributed by atoms with Gasteiger partial charge in [0.15, 0.2) is 5.58 Å². The summed E-state index contributed by atoms with van der Waals surface area (Å²) in [4.78, 5) is 34.0. The van der Waals surface area contributed by atoms with Crippen LogP contribution in [0.4, 0.5) is 4.39 Å². The lowest BCUT2D eigenvalue weighted by Crippen LogP contribution is -2.35. The molecule has 2 heterocycles. The monoisotopic (exact) mass is 532 g/mol. The van der Waals surface area contributed by atoms with Crippen molar-refractivity contribution < 1.29 is 33.1 Å². The molecule has 0 spiro atoms. The average Bonchev–Trinajstić information content (AvgIpc) is 3.30. The van der Waals surface area contributed by atoms with Crippen molar-refractivity contribution in [2.75, 3.05) is 26.2 Å². The molecule has 38 heavy (non-hydrogen) atoms. The van der Waals surface area contributed by atoms with Gasteiger partial charge < -0.3 is 24.9 Å². The fourth-order valence-corrected chi connectivity index (χ4v) is 4.37. The Kier molecular flexibility index (Phi) is 14.1. The van der Waals surface area contributed by atoms with Gasteiger partial charge in [0.2, 0.25) is 5.91 Å². The third-order valence-corrected chi connectivity index (χ3v) is 6.47. The second-order valence-corrected chi connectivity index (χ2v) is 9.48. The van der Waals surface area contributed by atoms with E-state index in [1.165, 1.54) is 44.2 Å². The van der Waals surface area contributed by atoms with Gasteiger partial charge in [-0.2, -0.15) is 0 Å². The van der Waals surface area contributed by atoms with E-state index in [2.05, 4.69) is 17.0 Å². The number of carboxylic acids is 1. The number of carbonyl (C=O) groups is 3. The third kappa shape index (κ3) is 11.9. The summed E-state index contributed by atoms with van der Waals surface area (Å²) in [6, 6.07) is 4.44. The number of carbonyl (C=O) groups excluding carboxylic acids is 3. The van der Waals surface area contributed by atoms with Crippen molar-refractivity contribution in [3.8, 4) is 0 Å². The molecule has 9 nitrogen and oxygen atoms in total. The lowest BCUT2D eigenvalue weighted by Gasteiger charge is -2.30. The lowest BCUT2D eigenvalue weighted by atomic mass is 9.91. The maximum atomic E-state index is 13.2. The molecule has 0 bridgehead atoms. The summed E-state index contributed by atoms with van der Waals surface area (Å²) < 4.78 is 23.4. The number of rotatable bonds is 14. The number of halogens is 1. The Morgan fingerprint density at radius 3 is 2.47 bits per heavy atom. The Balaban J connectivity index is 0.000000358. The van der Waals surface area contributed by atoms with Crippen LogP contribution in [0.2, 0.25) is 0 Å². The number of unbranched alkanes of at least 4 members (excludes halogenated alkanes) is 6. The van der Waals surface area contributed by atoms with Crippen LogP contribution in [0.25, 0.3) is 11.0 Å².